The first kappa shape index (κ1) is 19.5. The average Bonchev–Trinajstić information content (AvgIpc) is 2.94. The summed E-state index contributed by atoms with van der Waals surface area (Å²) in [5.41, 5.74) is 0.568. The number of anilines is 1. The number of hydrogen-bond acceptors (Lipinski definition) is 6. The molecule has 4 rings (SSSR count). The van der Waals surface area contributed by atoms with Crippen LogP contribution in [-0.4, -0.2) is 35.6 Å². The Labute approximate surface area is 165 Å². The zero-order valence-electron chi connectivity index (χ0n) is 14.8. The number of nitrogens with one attached hydrogen (secondary N) is 1. The van der Waals surface area contributed by atoms with Crippen molar-refractivity contribution in [3.63, 3.8) is 0 Å². The third-order valence-corrected chi connectivity index (χ3v) is 6.83. The quantitative estimate of drug-likeness (QED) is 0.728. The highest BCUT2D eigenvalue weighted by atomic mass is 35.5. The van der Waals surface area contributed by atoms with E-state index in [0.717, 1.165) is 12.1 Å². The van der Waals surface area contributed by atoms with E-state index in [9.17, 15) is 22.3 Å². The van der Waals surface area contributed by atoms with Gasteiger partial charge in [0.25, 0.3) is 0 Å². The van der Waals surface area contributed by atoms with Gasteiger partial charge in [-0.2, -0.15) is 0 Å². The van der Waals surface area contributed by atoms with E-state index in [1.807, 2.05) is 0 Å². The van der Waals surface area contributed by atoms with E-state index < -0.39 is 21.5 Å². The summed E-state index contributed by atoms with van der Waals surface area (Å²) in [7, 11) is -3.37. The second-order valence-electron chi connectivity index (χ2n) is 7.25. The summed E-state index contributed by atoms with van der Waals surface area (Å²) in [4.78, 5) is 8.52. The Morgan fingerprint density at radius 1 is 1.07 bits per heavy atom. The molecule has 1 aromatic heterocycles. The minimum Gasteiger partial charge on any atom is -0.393 e. The van der Waals surface area contributed by atoms with Gasteiger partial charge in [-0.05, 0) is 37.8 Å². The lowest BCUT2D eigenvalue weighted by Gasteiger charge is -2.27. The lowest BCUT2D eigenvalue weighted by Crippen LogP contribution is -2.29. The Hall–Kier alpha value is -1.84. The van der Waals surface area contributed by atoms with Crippen molar-refractivity contribution in [2.75, 3.05) is 5.32 Å². The van der Waals surface area contributed by atoms with Crippen LogP contribution in [0.5, 0.6) is 0 Å². The predicted molar refractivity (Wildman–Crippen MR) is 101 cm³/mol. The van der Waals surface area contributed by atoms with Crippen LogP contribution in [0.4, 0.5) is 14.6 Å². The van der Waals surface area contributed by atoms with Crippen LogP contribution in [0, 0.1) is 11.6 Å². The van der Waals surface area contributed by atoms with Crippen LogP contribution in [0.25, 0.3) is 11.4 Å². The normalized spacial score (nSPS) is 23.4. The van der Waals surface area contributed by atoms with Gasteiger partial charge in [0.05, 0.1) is 33.9 Å². The number of benzene rings is 1. The zero-order valence-corrected chi connectivity index (χ0v) is 16.3. The lowest BCUT2D eigenvalue weighted by molar-refractivity contribution is 0.126. The molecule has 28 heavy (non-hydrogen) atoms. The molecule has 0 amide bonds. The second kappa shape index (κ2) is 7.20. The number of rotatable bonds is 3. The average molecular weight is 430 g/mol. The fourth-order valence-electron chi connectivity index (χ4n) is 3.63. The van der Waals surface area contributed by atoms with Gasteiger partial charge in [-0.15, -0.1) is 0 Å². The molecule has 0 saturated heterocycles. The van der Waals surface area contributed by atoms with Crippen molar-refractivity contribution in [1.29, 1.82) is 0 Å². The standard InChI is InChI=1S/C18H18ClF2N3O3S/c19-13-6-14(20)11(5-15(13)21)17-23-16-8-28(26,27)7-12(16)18(24-17)22-9-1-3-10(25)4-2-9/h5-6,9-10,25H,1-4,7-8H2,(H,22,23,24). The fraction of sp³-hybridized carbons (Fsp3) is 0.444. The number of sulfone groups is 1. The van der Waals surface area contributed by atoms with Gasteiger partial charge >= 0.3 is 0 Å². The van der Waals surface area contributed by atoms with Crippen LogP contribution < -0.4 is 5.32 Å². The van der Waals surface area contributed by atoms with Crippen molar-refractivity contribution >= 4 is 27.3 Å². The molecule has 10 heteroatoms. The van der Waals surface area contributed by atoms with Gasteiger partial charge in [0, 0.05) is 11.6 Å². The van der Waals surface area contributed by atoms with Gasteiger partial charge in [0.1, 0.15) is 17.5 Å². The maximum absolute atomic E-state index is 14.4. The van der Waals surface area contributed by atoms with Crippen LogP contribution in [0.3, 0.4) is 0 Å². The highest BCUT2D eigenvalue weighted by Gasteiger charge is 2.32. The molecule has 2 aromatic rings. The molecule has 2 N–H and O–H groups in total. The fourth-order valence-corrected chi connectivity index (χ4v) is 5.28. The summed E-state index contributed by atoms with van der Waals surface area (Å²) >= 11 is 5.61. The summed E-state index contributed by atoms with van der Waals surface area (Å²) in [6.45, 7) is 0. The molecule has 0 unspecified atom stereocenters. The van der Waals surface area contributed by atoms with Crippen LogP contribution >= 0.6 is 11.6 Å². The minimum absolute atomic E-state index is 0.00496. The molecule has 0 atom stereocenters. The molecular weight excluding hydrogens is 412 g/mol. The van der Waals surface area contributed by atoms with E-state index in [0.29, 0.717) is 37.1 Å². The van der Waals surface area contributed by atoms with Crippen molar-refractivity contribution in [3.8, 4) is 11.4 Å². The summed E-state index contributed by atoms with van der Waals surface area (Å²) in [6.07, 6.45) is 2.33. The number of fused-ring (bicyclic) bond motifs is 1. The molecule has 6 nitrogen and oxygen atoms in total. The smallest absolute Gasteiger partial charge is 0.164 e. The van der Waals surface area contributed by atoms with Gasteiger partial charge < -0.3 is 10.4 Å². The van der Waals surface area contributed by atoms with Crippen molar-refractivity contribution in [2.45, 2.75) is 49.3 Å². The lowest BCUT2D eigenvalue weighted by atomic mass is 9.93. The first-order chi connectivity index (χ1) is 13.2. The Morgan fingerprint density at radius 3 is 2.50 bits per heavy atom. The molecule has 1 fully saturated rings. The predicted octanol–water partition coefficient (Wildman–Crippen LogP) is 3.22. The molecule has 2 heterocycles. The molecule has 1 aliphatic carbocycles. The second-order valence-corrected chi connectivity index (χ2v) is 9.72. The van der Waals surface area contributed by atoms with E-state index in [2.05, 4.69) is 15.3 Å². The van der Waals surface area contributed by atoms with Crippen molar-refractivity contribution < 1.29 is 22.3 Å². The molecule has 0 spiro atoms. The molecule has 150 valence electrons. The molecular formula is C18H18ClF2N3O3S. The van der Waals surface area contributed by atoms with Gasteiger partial charge in [0.15, 0.2) is 15.7 Å². The van der Waals surface area contributed by atoms with Gasteiger partial charge in [-0.3, -0.25) is 0 Å². The summed E-state index contributed by atoms with van der Waals surface area (Å²) < 4.78 is 52.4. The van der Waals surface area contributed by atoms with Gasteiger partial charge in [-0.25, -0.2) is 27.2 Å². The summed E-state index contributed by atoms with van der Waals surface area (Å²) in [6, 6.07) is 1.75. The van der Waals surface area contributed by atoms with Crippen LogP contribution in [-0.2, 0) is 21.3 Å². The van der Waals surface area contributed by atoms with Crippen molar-refractivity contribution in [1.82, 2.24) is 9.97 Å². The third kappa shape index (κ3) is 3.83. The monoisotopic (exact) mass is 429 g/mol. The highest BCUT2D eigenvalue weighted by Crippen LogP contribution is 2.34. The number of hydrogen-bond donors (Lipinski definition) is 2. The molecule has 0 radical (unpaired) electrons. The SMILES string of the molecule is O=S1(=O)Cc2nc(-c3cc(F)c(Cl)cc3F)nc(NC3CCC(O)CC3)c2C1. The largest absolute Gasteiger partial charge is 0.393 e. The molecule has 1 saturated carbocycles. The first-order valence-electron chi connectivity index (χ1n) is 8.91. The number of aromatic nitrogens is 2. The van der Waals surface area contributed by atoms with Crippen LogP contribution in [0.1, 0.15) is 36.9 Å². The van der Waals surface area contributed by atoms with E-state index >= 15 is 0 Å². The van der Waals surface area contributed by atoms with Crippen LogP contribution in [0.2, 0.25) is 5.02 Å². The highest BCUT2D eigenvalue weighted by molar-refractivity contribution is 7.90. The van der Waals surface area contributed by atoms with E-state index in [1.165, 1.54) is 0 Å². The van der Waals surface area contributed by atoms with E-state index in [-0.39, 0.29) is 45.8 Å². The Balaban J connectivity index is 1.76. The van der Waals surface area contributed by atoms with Crippen LogP contribution in [0.15, 0.2) is 12.1 Å². The van der Waals surface area contributed by atoms with E-state index in [1.54, 1.807) is 0 Å². The van der Waals surface area contributed by atoms with Crippen molar-refractivity contribution in [3.05, 3.63) is 40.0 Å². The number of aliphatic hydroxyl groups excluding tert-OH is 1. The van der Waals surface area contributed by atoms with Gasteiger partial charge in [-0.1, -0.05) is 11.6 Å². The Bertz CT molecular complexity index is 1040. The van der Waals surface area contributed by atoms with E-state index in [4.69, 9.17) is 11.6 Å². The number of nitrogens with zero attached hydrogens (tertiary/aromatic N) is 2. The summed E-state index contributed by atoms with van der Waals surface area (Å²) in [5.74, 6) is -1.85. The van der Waals surface area contributed by atoms with Gasteiger partial charge in [0.2, 0.25) is 0 Å². The summed E-state index contributed by atoms with van der Waals surface area (Å²) in [5, 5.41) is 12.5. The van der Waals surface area contributed by atoms with Crippen molar-refractivity contribution in [2.24, 2.45) is 0 Å². The number of halogens is 3. The topological polar surface area (TPSA) is 92.2 Å². The third-order valence-electron chi connectivity index (χ3n) is 5.10. The maximum atomic E-state index is 14.4. The molecule has 0 bridgehead atoms. The molecule has 1 aliphatic heterocycles. The maximum Gasteiger partial charge on any atom is 0.164 e. The first-order valence-corrected chi connectivity index (χ1v) is 11.1. The number of aliphatic hydroxyl groups is 1. The molecule has 2 aliphatic rings. The zero-order chi connectivity index (χ0) is 20.1. The Kier molecular flexibility index (Phi) is 5.01. The molecule has 1 aromatic carbocycles. The minimum atomic E-state index is -3.37. The Morgan fingerprint density at radius 2 is 1.79 bits per heavy atom.